The van der Waals surface area contributed by atoms with Gasteiger partial charge in [0.15, 0.2) is 0 Å². The Hall–Kier alpha value is -2.10. The highest BCUT2D eigenvalue weighted by Gasteiger charge is 2.36. The second-order valence-corrected chi connectivity index (χ2v) is 6.58. The number of amides is 1. The molecule has 2 rings (SSSR count). The number of carbonyl (C=O) groups is 3. The van der Waals surface area contributed by atoms with Gasteiger partial charge in [-0.3, -0.25) is 14.4 Å². The molecule has 0 spiro atoms. The quantitative estimate of drug-likeness (QED) is 0.782. The van der Waals surface area contributed by atoms with Crippen molar-refractivity contribution in [2.75, 3.05) is 12.1 Å². The lowest BCUT2D eigenvalue weighted by Gasteiger charge is -2.21. The summed E-state index contributed by atoms with van der Waals surface area (Å²) in [5, 5.41) is 4.33. The van der Waals surface area contributed by atoms with Gasteiger partial charge in [0.1, 0.15) is 5.71 Å². The first-order valence-corrected chi connectivity index (χ1v) is 7.76. The van der Waals surface area contributed by atoms with Crippen molar-refractivity contribution in [1.82, 2.24) is 4.72 Å². The van der Waals surface area contributed by atoms with Crippen LogP contribution >= 0.6 is 11.6 Å². The maximum atomic E-state index is 11.9. The van der Waals surface area contributed by atoms with E-state index in [0.717, 1.165) is 6.07 Å². The molecule has 0 fully saturated rings. The van der Waals surface area contributed by atoms with E-state index in [2.05, 4.69) is 9.82 Å². The number of anilines is 1. The number of halogens is 1. The Morgan fingerprint density at radius 3 is 2.41 bits per heavy atom. The Morgan fingerprint density at radius 1 is 1.18 bits per heavy atom. The van der Waals surface area contributed by atoms with E-state index in [4.69, 9.17) is 11.6 Å². The average molecular weight is 344 g/mol. The Kier molecular flexibility index (Phi) is 4.14. The summed E-state index contributed by atoms with van der Waals surface area (Å²) in [4.78, 5) is 34.7. The first kappa shape index (κ1) is 16.3. The summed E-state index contributed by atoms with van der Waals surface area (Å²) in [6.45, 7) is 1.27. The Balaban J connectivity index is 2.62. The third-order valence-corrected chi connectivity index (χ3v) is 4.63. The number of hydrogen-bond acceptors (Lipinski definition) is 6. The van der Waals surface area contributed by atoms with Crippen LogP contribution in [0.5, 0.6) is 0 Å². The van der Waals surface area contributed by atoms with Crippen LogP contribution in [0.15, 0.2) is 28.2 Å². The standard InChI is InChI=1S/C12H10ClN3O5S/c1-6-10(17)11(18)12(19)16(15-6)9-5-7(3-4-8(9)13)22(20,21)14-2/h3-5,14H,1-2H3. The third-order valence-electron chi connectivity index (χ3n) is 2.90. The van der Waals surface area contributed by atoms with Crippen LogP contribution in [0.25, 0.3) is 0 Å². The Bertz CT molecular complexity index is 831. The molecule has 1 aliphatic rings. The van der Waals surface area contributed by atoms with E-state index in [1.807, 2.05) is 0 Å². The lowest BCUT2D eigenvalue weighted by Crippen LogP contribution is -2.45. The highest BCUT2D eigenvalue weighted by Crippen LogP contribution is 2.30. The van der Waals surface area contributed by atoms with Crippen molar-refractivity contribution in [2.24, 2.45) is 5.10 Å². The van der Waals surface area contributed by atoms with Gasteiger partial charge in [0.05, 0.1) is 15.6 Å². The van der Waals surface area contributed by atoms with Crippen LogP contribution in [-0.4, -0.2) is 38.7 Å². The van der Waals surface area contributed by atoms with Gasteiger partial charge in [0, 0.05) is 0 Å². The third kappa shape index (κ3) is 2.65. The van der Waals surface area contributed by atoms with Gasteiger partial charge in [-0.1, -0.05) is 11.6 Å². The lowest BCUT2D eigenvalue weighted by molar-refractivity contribution is -0.142. The van der Waals surface area contributed by atoms with Gasteiger partial charge < -0.3 is 0 Å². The van der Waals surface area contributed by atoms with Crippen molar-refractivity contribution < 1.29 is 22.8 Å². The highest BCUT2D eigenvalue weighted by atomic mass is 35.5. The second kappa shape index (κ2) is 5.59. The number of nitrogens with one attached hydrogen (secondary N) is 1. The summed E-state index contributed by atoms with van der Waals surface area (Å²) < 4.78 is 25.7. The normalized spacial score (nSPS) is 16.0. The zero-order valence-corrected chi connectivity index (χ0v) is 13.0. The van der Waals surface area contributed by atoms with Gasteiger partial charge in [-0.15, -0.1) is 0 Å². The minimum Gasteiger partial charge on any atom is -0.283 e. The van der Waals surface area contributed by atoms with Gasteiger partial charge in [-0.2, -0.15) is 10.1 Å². The van der Waals surface area contributed by atoms with Crippen molar-refractivity contribution >= 4 is 50.5 Å². The predicted octanol–water partition coefficient (Wildman–Crippen LogP) is 0.109. The summed E-state index contributed by atoms with van der Waals surface area (Å²) in [6.07, 6.45) is 0. The van der Waals surface area contributed by atoms with Crippen LogP contribution in [0, 0.1) is 0 Å². The molecule has 0 atom stereocenters. The first-order valence-electron chi connectivity index (χ1n) is 5.90. The molecule has 1 amide bonds. The maximum absolute atomic E-state index is 11.9. The van der Waals surface area contributed by atoms with Crippen LogP contribution in [0.2, 0.25) is 5.02 Å². The molecule has 1 aromatic rings. The van der Waals surface area contributed by atoms with Crippen LogP contribution in [0.4, 0.5) is 5.69 Å². The molecule has 0 aliphatic carbocycles. The molecule has 0 bridgehead atoms. The molecule has 1 aliphatic heterocycles. The molecular formula is C12H10ClN3O5S. The zero-order chi connectivity index (χ0) is 16.7. The Labute approximate surface area is 130 Å². The van der Waals surface area contributed by atoms with Crippen LogP contribution in [0.3, 0.4) is 0 Å². The SMILES string of the molecule is CNS(=O)(=O)c1ccc(Cl)c(N2N=C(C)C(=O)C(=O)C2=O)c1. The van der Waals surface area contributed by atoms with E-state index in [9.17, 15) is 22.8 Å². The number of ketones is 2. The fourth-order valence-corrected chi connectivity index (χ4v) is 2.65. The van der Waals surface area contributed by atoms with Crippen LogP contribution < -0.4 is 9.73 Å². The molecule has 1 heterocycles. The summed E-state index contributed by atoms with van der Waals surface area (Å²) in [5.74, 6) is -3.46. The van der Waals surface area contributed by atoms with Crippen molar-refractivity contribution in [2.45, 2.75) is 11.8 Å². The number of Topliss-reactive ketones (excluding diaryl/α,β-unsaturated/α-hetero) is 2. The molecule has 1 N–H and O–H groups in total. The fourth-order valence-electron chi connectivity index (χ4n) is 1.70. The summed E-state index contributed by atoms with van der Waals surface area (Å²) in [6, 6.07) is 3.57. The van der Waals surface area contributed by atoms with Gasteiger partial charge in [0.25, 0.3) is 11.6 Å². The largest absolute Gasteiger partial charge is 0.323 e. The van der Waals surface area contributed by atoms with E-state index in [1.165, 1.54) is 26.1 Å². The number of carbonyl (C=O) groups excluding carboxylic acids is 3. The predicted molar refractivity (Wildman–Crippen MR) is 78.3 cm³/mol. The zero-order valence-electron chi connectivity index (χ0n) is 11.5. The number of benzene rings is 1. The summed E-state index contributed by atoms with van der Waals surface area (Å²) in [7, 11) is -2.56. The molecule has 1 aromatic carbocycles. The topological polar surface area (TPSA) is 113 Å². The monoisotopic (exact) mass is 343 g/mol. The van der Waals surface area contributed by atoms with Gasteiger partial charge in [-0.05, 0) is 32.2 Å². The molecule has 0 saturated heterocycles. The first-order chi connectivity index (χ1) is 10.2. The minimum atomic E-state index is -3.78. The van der Waals surface area contributed by atoms with Crippen molar-refractivity contribution in [3.05, 3.63) is 23.2 Å². The average Bonchev–Trinajstić information content (AvgIpc) is 2.49. The second-order valence-electron chi connectivity index (χ2n) is 4.28. The smallest absolute Gasteiger partial charge is 0.283 e. The molecule has 10 heteroatoms. The van der Waals surface area contributed by atoms with E-state index in [1.54, 1.807) is 0 Å². The van der Waals surface area contributed by atoms with Crippen molar-refractivity contribution in [1.29, 1.82) is 0 Å². The van der Waals surface area contributed by atoms with Crippen molar-refractivity contribution in [3.63, 3.8) is 0 Å². The molecule has 22 heavy (non-hydrogen) atoms. The number of hydrazone groups is 1. The van der Waals surface area contributed by atoms with Gasteiger partial charge in [-0.25, -0.2) is 13.1 Å². The summed E-state index contributed by atoms with van der Waals surface area (Å²) >= 11 is 5.95. The number of rotatable bonds is 3. The minimum absolute atomic E-state index is 0.00195. The molecule has 0 aromatic heterocycles. The van der Waals surface area contributed by atoms with Crippen LogP contribution in [0.1, 0.15) is 6.92 Å². The van der Waals surface area contributed by atoms with Gasteiger partial charge >= 0.3 is 5.91 Å². The van der Waals surface area contributed by atoms with Crippen molar-refractivity contribution in [3.8, 4) is 0 Å². The maximum Gasteiger partial charge on any atom is 0.323 e. The van der Waals surface area contributed by atoms with E-state index >= 15 is 0 Å². The fraction of sp³-hybridized carbons (Fsp3) is 0.167. The van der Waals surface area contributed by atoms with Crippen LogP contribution in [-0.2, 0) is 24.4 Å². The molecular weight excluding hydrogens is 334 g/mol. The van der Waals surface area contributed by atoms with E-state index in [-0.39, 0.29) is 21.3 Å². The number of sulfonamides is 1. The van der Waals surface area contributed by atoms with E-state index in [0.29, 0.717) is 5.01 Å². The van der Waals surface area contributed by atoms with E-state index < -0.39 is 27.5 Å². The molecule has 0 radical (unpaired) electrons. The number of nitrogens with zero attached hydrogens (tertiary/aromatic N) is 2. The molecule has 8 nitrogen and oxygen atoms in total. The lowest BCUT2D eigenvalue weighted by atomic mass is 10.1. The molecule has 0 saturated carbocycles. The Morgan fingerprint density at radius 2 is 1.82 bits per heavy atom. The van der Waals surface area contributed by atoms with Gasteiger partial charge in [0.2, 0.25) is 10.0 Å². The molecule has 116 valence electrons. The number of hydrogen-bond donors (Lipinski definition) is 1. The highest BCUT2D eigenvalue weighted by molar-refractivity contribution is 7.89. The molecule has 0 unspecified atom stereocenters. The summed E-state index contributed by atoms with van der Waals surface area (Å²) in [5.41, 5.74) is -0.300.